The Bertz CT molecular complexity index is 299. The monoisotopic (exact) mass is 246 g/mol. The molecule has 1 aromatic rings. The van der Waals surface area contributed by atoms with Gasteiger partial charge in [0.25, 0.3) is 0 Å². The van der Waals surface area contributed by atoms with Gasteiger partial charge in [-0.25, -0.2) is 4.98 Å². The van der Waals surface area contributed by atoms with Gasteiger partial charge >= 0.3 is 0 Å². The van der Waals surface area contributed by atoms with Gasteiger partial charge in [-0.3, -0.25) is 0 Å². The van der Waals surface area contributed by atoms with Crippen LogP contribution in [0.1, 0.15) is 6.92 Å². The average Bonchev–Trinajstić information content (AvgIpc) is 2.25. The molecule has 2 N–H and O–H groups in total. The largest absolute Gasteiger partial charge is 0.391 e. The number of aliphatic hydroxyl groups is 1. The Labute approximate surface area is 99.2 Å². The molecule has 0 fully saturated rings. The van der Waals surface area contributed by atoms with Gasteiger partial charge in [-0.15, -0.1) is 11.8 Å². The molecule has 0 radical (unpaired) electrons. The number of thioether (sulfide) groups is 1. The van der Waals surface area contributed by atoms with Gasteiger partial charge in [-0.05, 0) is 18.7 Å². The molecule has 5 heteroatoms. The maximum atomic E-state index is 9.58. The molecule has 0 amide bonds. The number of pyridine rings is 1. The molecule has 1 atom stereocenters. The lowest BCUT2D eigenvalue weighted by atomic mass is 10.4. The molecule has 0 spiro atoms. The highest BCUT2D eigenvalue weighted by Crippen LogP contribution is 2.24. The summed E-state index contributed by atoms with van der Waals surface area (Å²) in [6.45, 7) is 3.48. The number of rotatable bonds is 6. The summed E-state index contributed by atoms with van der Waals surface area (Å²) in [5, 5.41) is 14.1. The lowest BCUT2D eigenvalue weighted by Crippen LogP contribution is -2.28. The third-order valence-corrected chi connectivity index (χ3v) is 3.33. The molecule has 0 saturated carbocycles. The summed E-state index contributed by atoms with van der Waals surface area (Å²) < 4.78 is 0. The molecule has 0 aliphatic heterocycles. The van der Waals surface area contributed by atoms with Gasteiger partial charge < -0.3 is 10.4 Å². The zero-order valence-corrected chi connectivity index (χ0v) is 10.2. The number of hydrogen-bond acceptors (Lipinski definition) is 4. The third-order valence-electron chi connectivity index (χ3n) is 1.77. The standard InChI is InChI=1S/C10H15ClN2OS/c1-2-12-6-8(14)7-15-10-9(11)4-3-5-13-10/h3-5,8,12,14H,2,6-7H2,1H3. The van der Waals surface area contributed by atoms with Crippen LogP contribution in [0.5, 0.6) is 0 Å². The van der Waals surface area contributed by atoms with Crippen LogP contribution in [0, 0.1) is 0 Å². The van der Waals surface area contributed by atoms with Gasteiger partial charge in [0.1, 0.15) is 5.03 Å². The molecule has 1 heterocycles. The SMILES string of the molecule is CCNCC(O)CSc1ncccc1Cl. The van der Waals surface area contributed by atoms with E-state index in [-0.39, 0.29) is 6.10 Å². The molecule has 1 aromatic heterocycles. The molecular formula is C10H15ClN2OS. The summed E-state index contributed by atoms with van der Waals surface area (Å²) in [5.41, 5.74) is 0. The van der Waals surface area contributed by atoms with E-state index in [0.29, 0.717) is 17.3 Å². The molecule has 84 valence electrons. The average molecular weight is 247 g/mol. The lowest BCUT2D eigenvalue weighted by molar-refractivity contribution is 0.197. The van der Waals surface area contributed by atoms with Gasteiger partial charge in [0.15, 0.2) is 0 Å². The molecule has 15 heavy (non-hydrogen) atoms. The fourth-order valence-corrected chi connectivity index (χ4v) is 2.12. The van der Waals surface area contributed by atoms with Crippen molar-refractivity contribution in [3.8, 4) is 0 Å². The van der Waals surface area contributed by atoms with E-state index in [9.17, 15) is 5.11 Å². The van der Waals surface area contributed by atoms with Crippen LogP contribution >= 0.6 is 23.4 Å². The van der Waals surface area contributed by atoms with Crippen molar-refractivity contribution in [1.82, 2.24) is 10.3 Å². The van der Waals surface area contributed by atoms with Crippen LogP contribution in [-0.4, -0.2) is 35.0 Å². The van der Waals surface area contributed by atoms with E-state index in [1.54, 1.807) is 18.3 Å². The van der Waals surface area contributed by atoms with Crippen molar-refractivity contribution >= 4 is 23.4 Å². The van der Waals surface area contributed by atoms with Crippen molar-refractivity contribution in [3.05, 3.63) is 23.4 Å². The van der Waals surface area contributed by atoms with Gasteiger partial charge in [0, 0.05) is 18.5 Å². The Morgan fingerprint density at radius 2 is 2.47 bits per heavy atom. The smallest absolute Gasteiger partial charge is 0.115 e. The van der Waals surface area contributed by atoms with Crippen LogP contribution in [0.2, 0.25) is 5.02 Å². The van der Waals surface area contributed by atoms with Gasteiger partial charge in [0.2, 0.25) is 0 Å². The molecule has 0 aromatic carbocycles. The van der Waals surface area contributed by atoms with E-state index in [2.05, 4.69) is 10.3 Å². The minimum absolute atomic E-state index is 0.368. The van der Waals surface area contributed by atoms with Crippen LogP contribution < -0.4 is 5.32 Å². The summed E-state index contributed by atoms with van der Waals surface area (Å²) in [7, 11) is 0. The van der Waals surface area contributed by atoms with Crippen LogP contribution in [0.4, 0.5) is 0 Å². The minimum atomic E-state index is -0.368. The fraction of sp³-hybridized carbons (Fsp3) is 0.500. The van der Waals surface area contributed by atoms with Crippen LogP contribution in [0.25, 0.3) is 0 Å². The first-order valence-electron chi connectivity index (χ1n) is 4.86. The van der Waals surface area contributed by atoms with E-state index >= 15 is 0 Å². The highest BCUT2D eigenvalue weighted by Gasteiger charge is 2.06. The second-order valence-electron chi connectivity index (χ2n) is 3.06. The second-order valence-corrected chi connectivity index (χ2v) is 4.48. The number of hydrogen-bond donors (Lipinski definition) is 2. The Balaban J connectivity index is 2.33. The summed E-state index contributed by atoms with van der Waals surface area (Å²) in [6, 6.07) is 3.59. The summed E-state index contributed by atoms with van der Waals surface area (Å²) >= 11 is 7.40. The van der Waals surface area contributed by atoms with Gasteiger partial charge in [-0.2, -0.15) is 0 Å². The highest BCUT2D eigenvalue weighted by atomic mass is 35.5. The first kappa shape index (κ1) is 12.8. The minimum Gasteiger partial charge on any atom is -0.391 e. The fourth-order valence-electron chi connectivity index (χ4n) is 1.02. The number of likely N-dealkylation sites (N-methyl/N-ethyl adjacent to an activating group) is 1. The molecule has 0 aliphatic rings. The maximum absolute atomic E-state index is 9.58. The van der Waals surface area contributed by atoms with Crippen molar-refractivity contribution in [1.29, 1.82) is 0 Å². The zero-order chi connectivity index (χ0) is 11.1. The van der Waals surface area contributed by atoms with E-state index in [1.807, 2.05) is 6.92 Å². The number of nitrogens with zero attached hydrogens (tertiary/aromatic N) is 1. The molecule has 1 unspecified atom stereocenters. The molecule has 0 aliphatic carbocycles. The second kappa shape index (κ2) is 7.06. The Morgan fingerprint density at radius 3 is 3.13 bits per heavy atom. The first-order chi connectivity index (χ1) is 7.24. The van der Waals surface area contributed by atoms with E-state index in [1.165, 1.54) is 11.8 Å². The Hall–Kier alpha value is -0.290. The van der Waals surface area contributed by atoms with Gasteiger partial charge in [0.05, 0.1) is 11.1 Å². The number of nitrogens with one attached hydrogen (secondary N) is 1. The summed E-state index contributed by atoms with van der Waals surface area (Å²) in [6.07, 6.45) is 1.33. The van der Waals surface area contributed by atoms with Crippen molar-refractivity contribution < 1.29 is 5.11 Å². The number of halogens is 1. The molecule has 1 rings (SSSR count). The predicted octanol–water partition coefficient (Wildman–Crippen LogP) is 1.80. The van der Waals surface area contributed by atoms with E-state index < -0.39 is 0 Å². The number of aromatic nitrogens is 1. The zero-order valence-electron chi connectivity index (χ0n) is 8.61. The first-order valence-corrected chi connectivity index (χ1v) is 6.22. The van der Waals surface area contributed by atoms with Crippen molar-refractivity contribution in [2.75, 3.05) is 18.8 Å². The summed E-state index contributed by atoms with van der Waals surface area (Å²) in [5.74, 6) is 0.601. The quantitative estimate of drug-likeness (QED) is 0.752. The van der Waals surface area contributed by atoms with Crippen LogP contribution in [-0.2, 0) is 0 Å². The molecule has 3 nitrogen and oxygen atoms in total. The van der Waals surface area contributed by atoms with Crippen molar-refractivity contribution in [2.45, 2.75) is 18.1 Å². The molecular weight excluding hydrogens is 232 g/mol. The number of aliphatic hydroxyl groups excluding tert-OH is 1. The van der Waals surface area contributed by atoms with Crippen molar-refractivity contribution in [2.24, 2.45) is 0 Å². The predicted molar refractivity (Wildman–Crippen MR) is 64.5 cm³/mol. The lowest BCUT2D eigenvalue weighted by Gasteiger charge is -2.10. The Kier molecular flexibility index (Phi) is 6.02. The van der Waals surface area contributed by atoms with E-state index in [4.69, 9.17) is 11.6 Å². The van der Waals surface area contributed by atoms with Crippen LogP contribution in [0.3, 0.4) is 0 Å². The van der Waals surface area contributed by atoms with E-state index in [0.717, 1.165) is 11.6 Å². The Morgan fingerprint density at radius 1 is 1.67 bits per heavy atom. The topological polar surface area (TPSA) is 45.1 Å². The van der Waals surface area contributed by atoms with Crippen molar-refractivity contribution in [3.63, 3.8) is 0 Å². The third kappa shape index (κ3) is 4.84. The highest BCUT2D eigenvalue weighted by molar-refractivity contribution is 7.99. The maximum Gasteiger partial charge on any atom is 0.115 e. The van der Waals surface area contributed by atoms with Gasteiger partial charge in [-0.1, -0.05) is 18.5 Å². The normalized spacial score (nSPS) is 12.7. The molecule has 0 bridgehead atoms. The molecule has 0 saturated heterocycles. The summed E-state index contributed by atoms with van der Waals surface area (Å²) in [4.78, 5) is 4.13. The van der Waals surface area contributed by atoms with Crippen LogP contribution in [0.15, 0.2) is 23.4 Å².